The van der Waals surface area contributed by atoms with Gasteiger partial charge in [0.1, 0.15) is 5.71 Å². The summed E-state index contributed by atoms with van der Waals surface area (Å²) in [6.45, 7) is 9.17. The van der Waals surface area contributed by atoms with Crippen LogP contribution in [0.2, 0.25) is 0 Å². The molecule has 0 radical (unpaired) electrons. The van der Waals surface area contributed by atoms with Crippen LogP contribution in [0.4, 0.5) is 11.4 Å². The molecule has 0 spiro atoms. The van der Waals surface area contributed by atoms with Gasteiger partial charge in [0, 0.05) is 22.9 Å². The Bertz CT molecular complexity index is 1650. The van der Waals surface area contributed by atoms with Crippen molar-refractivity contribution in [1.29, 1.82) is 0 Å². The van der Waals surface area contributed by atoms with Crippen LogP contribution in [0.3, 0.4) is 0 Å². The number of benzene rings is 2. The van der Waals surface area contributed by atoms with Crippen molar-refractivity contribution in [1.82, 2.24) is 0 Å². The molecule has 2 rings (SSSR count). The second-order valence-electron chi connectivity index (χ2n) is 21.8. The molecule has 0 amide bonds. The van der Waals surface area contributed by atoms with E-state index in [1.807, 2.05) is 0 Å². The molecular formula is C70H116N2Ni. The average Bonchev–Trinajstić information content (AvgIpc) is 3.40. The largest absolute Gasteiger partial charge is 0.251 e. The molecule has 2 nitrogen and oxygen atoms in total. The van der Waals surface area contributed by atoms with Gasteiger partial charge in [-0.2, -0.15) is 0 Å². The number of hydrogen-bond donors (Lipinski definition) is 0. The molecule has 0 aliphatic heterocycles. The number of unbranched alkanes of at least 4 members (excludes halogenated alkanes) is 41. The zero-order valence-electron chi connectivity index (χ0n) is 48.7. The SMILES string of the molecule is CCCCCCCCCCCCCCC=Cc1ccc(N=C(C#CCCCCCCCCCCCCCCCCCC)C(CCCC)=Nc2ccc(C=CCCCCCCCCCCCCCC)cc2)cc1.[Ni]. The number of aliphatic imine (C=N–C) groups is 2. The van der Waals surface area contributed by atoms with Crippen LogP contribution in [0.1, 0.15) is 334 Å². The summed E-state index contributed by atoms with van der Waals surface area (Å²) in [5.74, 6) is 7.14. The van der Waals surface area contributed by atoms with E-state index >= 15 is 0 Å². The third-order valence-electron chi connectivity index (χ3n) is 14.8. The summed E-state index contributed by atoms with van der Waals surface area (Å²) in [6, 6.07) is 17.6. The smallest absolute Gasteiger partial charge is 0.135 e. The minimum absolute atomic E-state index is 0. The van der Waals surface area contributed by atoms with Crippen molar-refractivity contribution < 1.29 is 16.5 Å². The standard InChI is InChI=1S/C70H116N2.Ni/c1-5-9-13-16-19-22-25-28-31-32-33-34-37-40-43-46-49-52-56-70(72-68-63-59-66(60-64-68)54-51-48-45-42-39-36-30-27-24-21-18-15-11-7-3)69(55-12-8-4)71-67-61-57-65(58-62-67)53-50-47-44-41-38-35-29-26-23-20-17-14-10-6-2;/h50-51,53-54,57-64H,5-49,55H2,1-4H3;. The van der Waals surface area contributed by atoms with Gasteiger partial charge in [-0.15, -0.1) is 0 Å². The van der Waals surface area contributed by atoms with E-state index in [-0.39, 0.29) is 16.5 Å². The van der Waals surface area contributed by atoms with Crippen molar-refractivity contribution in [3.63, 3.8) is 0 Å². The number of allylic oxidation sites excluding steroid dienone is 2. The van der Waals surface area contributed by atoms with Crippen molar-refractivity contribution in [3.05, 3.63) is 71.8 Å². The minimum Gasteiger partial charge on any atom is -0.251 e. The summed E-state index contributed by atoms with van der Waals surface area (Å²) < 4.78 is 0. The monoisotopic (exact) mass is 1040 g/mol. The maximum atomic E-state index is 5.27. The normalized spacial score (nSPS) is 12.0. The quantitative estimate of drug-likeness (QED) is 0.0273. The van der Waals surface area contributed by atoms with Crippen LogP contribution in [0, 0.1) is 11.8 Å². The Balaban J connectivity index is 0.0000266. The topological polar surface area (TPSA) is 24.7 Å². The van der Waals surface area contributed by atoms with Crippen LogP contribution < -0.4 is 0 Å². The van der Waals surface area contributed by atoms with Gasteiger partial charge in [0.2, 0.25) is 0 Å². The van der Waals surface area contributed by atoms with Gasteiger partial charge in [0.15, 0.2) is 0 Å². The van der Waals surface area contributed by atoms with Gasteiger partial charge in [-0.1, -0.05) is 326 Å². The van der Waals surface area contributed by atoms with E-state index in [1.54, 1.807) is 0 Å². The van der Waals surface area contributed by atoms with Crippen molar-refractivity contribution in [2.45, 2.75) is 323 Å². The number of hydrogen-bond acceptors (Lipinski definition) is 2. The van der Waals surface area contributed by atoms with Gasteiger partial charge in [-0.3, -0.25) is 4.99 Å². The predicted molar refractivity (Wildman–Crippen MR) is 328 cm³/mol. The van der Waals surface area contributed by atoms with Crippen LogP contribution in [0.5, 0.6) is 0 Å². The first-order valence-corrected chi connectivity index (χ1v) is 31.9. The Morgan fingerprint density at radius 3 is 0.959 bits per heavy atom. The second kappa shape index (κ2) is 54.1. The van der Waals surface area contributed by atoms with Crippen LogP contribution in [0.15, 0.2) is 70.7 Å². The van der Waals surface area contributed by atoms with Gasteiger partial charge in [0.25, 0.3) is 0 Å². The van der Waals surface area contributed by atoms with E-state index in [1.165, 1.54) is 262 Å². The van der Waals surface area contributed by atoms with Crippen molar-refractivity contribution in [2.75, 3.05) is 0 Å². The summed E-state index contributed by atoms with van der Waals surface area (Å²) >= 11 is 0. The molecule has 0 fully saturated rings. The van der Waals surface area contributed by atoms with Crippen molar-refractivity contribution >= 4 is 35.0 Å². The molecule has 0 saturated carbocycles. The molecule has 0 N–H and O–H groups in total. The fourth-order valence-corrected chi connectivity index (χ4v) is 9.89. The molecule has 2 aromatic carbocycles. The Labute approximate surface area is 465 Å². The summed E-state index contributed by atoms with van der Waals surface area (Å²) in [4.78, 5) is 10.5. The molecule has 0 aliphatic rings. The zero-order valence-corrected chi connectivity index (χ0v) is 49.7. The van der Waals surface area contributed by atoms with Crippen molar-refractivity contribution in [3.8, 4) is 11.8 Å². The fourth-order valence-electron chi connectivity index (χ4n) is 9.89. The molecule has 73 heavy (non-hydrogen) atoms. The maximum absolute atomic E-state index is 5.27. The molecule has 0 bridgehead atoms. The molecular weight excluding hydrogens is 927 g/mol. The Kier molecular flexibility index (Phi) is 50.7. The van der Waals surface area contributed by atoms with E-state index in [0.717, 1.165) is 67.7 Å². The third-order valence-corrected chi connectivity index (χ3v) is 14.8. The fraction of sp³-hybridized carbons (Fsp3) is 0.714. The molecule has 0 aromatic heterocycles. The van der Waals surface area contributed by atoms with E-state index in [4.69, 9.17) is 9.98 Å². The third kappa shape index (κ3) is 43.2. The Hall–Kier alpha value is -2.69. The van der Waals surface area contributed by atoms with Crippen LogP contribution in [-0.4, -0.2) is 11.4 Å². The summed E-state index contributed by atoms with van der Waals surface area (Å²) in [5, 5.41) is 0. The van der Waals surface area contributed by atoms with Crippen LogP contribution >= 0.6 is 0 Å². The molecule has 2 aromatic rings. The summed E-state index contributed by atoms with van der Waals surface area (Å²) in [6.07, 6.45) is 71.4. The Morgan fingerprint density at radius 1 is 0.342 bits per heavy atom. The number of nitrogens with zero attached hydrogens (tertiary/aromatic N) is 2. The zero-order chi connectivity index (χ0) is 51.3. The van der Waals surface area contributed by atoms with E-state index in [2.05, 4.69) is 112 Å². The van der Waals surface area contributed by atoms with Gasteiger partial charge in [-0.05, 0) is 86.3 Å². The second-order valence-corrected chi connectivity index (χ2v) is 21.8. The first-order chi connectivity index (χ1) is 35.7. The van der Waals surface area contributed by atoms with Crippen LogP contribution in [0.25, 0.3) is 12.2 Å². The molecule has 0 aliphatic carbocycles. The van der Waals surface area contributed by atoms with E-state index < -0.39 is 0 Å². The van der Waals surface area contributed by atoms with Crippen LogP contribution in [-0.2, 0) is 16.5 Å². The molecule has 0 heterocycles. The van der Waals surface area contributed by atoms with E-state index in [9.17, 15) is 0 Å². The Morgan fingerprint density at radius 2 is 0.630 bits per heavy atom. The number of rotatable bonds is 50. The van der Waals surface area contributed by atoms with Gasteiger partial charge in [0.05, 0.1) is 17.1 Å². The maximum Gasteiger partial charge on any atom is 0.135 e. The van der Waals surface area contributed by atoms with Gasteiger partial charge < -0.3 is 0 Å². The average molecular weight is 1040 g/mol. The molecule has 0 saturated heterocycles. The first-order valence-electron chi connectivity index (χ1n) is 31.9. The van der Waals surface area contributed by atoms with Gasteiger partial charge in [-0.25, -0.2) is 4.99 Å². The molecule has 0 unspecified atom stereocenters. The van der Waals surface area contributed by atoms with Crippen molar-refractivity contribution in [2.24, 2.45) is 9.98 Å². The van der Waals surface area contributed by atoms with Gasteiger partial charge >= 0.3 is 0 Å². The predicted octanol–water partition coefficient (Wildman–Crippen LogP) is 24.6. The molecule has 416 valence electrons. The molecule has 3 heteroatoms. The summed E-state index contributed by atoms with van der Waals surface area (Å²) in [7, 11) is 0. The minimum atomic E-state index is 0. The van der Waals surface area contributed by atoms with E-state index in [0.29, 0.717) is 0 Å². The first kappa shape index (κ1) is 68.3. The molecule has 0 atom stereocenters. The summed E-state index contributed by atoms with van der Waals surface area (Å²) in [5.41, 5.74) is 6.28.